The van der Waals surface area contributed by atoms with Crippen LogP contribution in [0.4, 0.5) is 5.82 Å². The van der Waals surface area contributed by atoms with Gasteiger partial charge >= 0.3 is 0 Å². The zero-order valence-electron chi connectivity index (χ0n) is 10.1. The molecule has 1 N–H and O–H groups in total. The Labute approximate surface area is 111 Å². The lowest BCUT2D eigenvalue weighted by Gasteiger charge is -2.27. The lowest BCUT2D eigenvalue weighted by Crippen LogP contribution is -2.35. The van der Waals surface area contributed by atoms with Crippen molar-refractivity contribution in [3.8, 4) is 0 Å². The van der Waals surface area contributed by atoms with Gasteiger partial charge in [-0.1, -0.05) is 6.92 Å². The van der Waals surface area contributed by atoms with Gasteiger partial charge in [0.25, 0.3) is 0 Å². The second-order valence-electron chi connectivity index (χ2n) is 5.04. The molecule has 1 aromatic rings. The van der Waals surface area contributed by atoms with Gasteiger partial charge in [-0.3, -0.25) is 0 Å². The van der Waals surface area contributed by atoms with Gasteiger partial charge in [-0.2, -0.15) is 0 Å². The Morgan fingerprint density at radius 2 is 2.35 bits per heavy atom. The molecule has 0 aromatic carbocycles. The molecule has 3 unspecified atom stereocenters. The summed E-state index contributed by atoms with van der Waals surface area (Å²) in [4.78, 5) is 7.05. The van der Waals surface area contributed by atoms with Crippen LogP contribution < -0.4 is 10.2 Å². The predicted octanol–water partition coefficient (Wildman–Crippen LogP) is 2.28. The van der Waals surface area contributed by atoms with Crippen LogP contribution in [0.1, 0.15) is 13.3 Å². The molecule has 0 bridgehead atoms. The number of rotatable bonds is 2. The maximum Gasteiger partial charge on any atom is 0.128 e. The van der Waals surface area contributed by atoms with E-state index >= 15 is 0 Å². The Morgan fingerprint density at radius 3 is 3.06 bits per heavy atom. The van der Waals surface area contributed by atoms with E-state index in [-0.39, 0.29) is 0 Å². The quantitative estimate of drug-likeness (QED) is 0.907. The summed E-state index contributed by atoms with van der Waals surface area (Å²) in [5.41, 5.74) is 0. The van der Waals surface area contributed by atoms with Crippen molar-refractivity contribution in [1.82, 2.24) is 10.3 Å². The summed E-state index contributed by atoms with van der Waals surface area (Å²) in [7, 11) is 0. The van der Waals surface area contributed by atoms with Crippen LogP contribution in [-0.2, 0) is 0 Å². The van der Waals surface area contributed by atoms with Gasteiger partial charge in [0, 0.05) is 36.3 Å². The third-order valence-corrected chi connectivity index (χ3v) is 4.61. The highest BCUT2D eigenvalue weighted by molar-refractivity contribution is 9.10. The summed E-state index contributed by atoms with van der Waals surface area (Å²) in [5.74, 6) is 2.75. The Bertz CT molecular complexity index is 392. The molecule has 2 saturated heterocycles. The highest BCUT2D eigenvalue weighted by Crippen LogP contribution is 2.36. The molecule has 0 saturated carbocycles. The average molecular weight is 296 g/mol. The highest BCUT2D eigenvalue weighted by Gasteiger charge is 2.43. The molecular formula is C13H18BrN3. The number of nitrogens with one attached hydrogen (secondary N) is 1. The van der Waals surface area contributed by atoms with Crippen molar-refractivity contribution in [3.05, 3.63) is 22.8 Å². The second-order valence-corrected chi connectivity index (χ2v) is 5.96. The molecule has 3 atom stereocenters. The van der Waals surface area contributed by atoms with Crippen molar-refractivity contribution in [2.75, 3.05) is 24.5 Å². The molecule has 1 aromatic heterocycles. The number of hydrogen-bond acceptors (Lipinski definition) is 3. The first-order valence-electron chi connectivity index (χ1n) is 6.38. The van der Waals surface area contributed by atoms with Crippen LogP contribution in [0.15, 0.2) is 22.8 Å². The number of pyridine rings is 1. The van der Waals surface area contributed by atoms with E-state index in [4.69, 9.17) is 0 Å². The standard InChI is InChI=1S/C13H18BrN3/c1-2-12-11-7-15-5-9(11)8-17(12)13-4-3-10(14)6-16-13/h3-4,6,9,11-12,15H,2,5,7-8H2,1H3. The zero-order valence-corrected chi connectivity index (χ0v) is 11.7. The number of hydrogen-bond donors (Lipinski definition) is 1. The van der Waals surface area contributed by atoms with Gasteiger partial charge in [0.1, 0.15) is 5.82 Å². The molecule has 4 heteroatoms. The van der Waals surface area contributed by atoms with E-state index in [0.717, 1.165) is 28.7 Å². The first kappa shape index (κ1) is 11.5. The van der Waals surface area contributed by atoms with Crippen LogP contribution in [0.25, 0.3) is 0 Å². The maximum atomic E-state index is 4.54. The molecule has 3 nitrogen and oxygen atoms in total. The van der Waals surface area contributed by atoms with E-state index in [1.807, 2.05) is 6.20 Å². The smallest absolute Gasteiger partial charge is 0.128 e. The Hall–Kier alpha value is -0.610. The number of fused-ring (bicyclic) bond motifs is 1. The minimum Gasteiger partial charge on any atom is -0.353 e. The van der Waals surface area contributed by atoms with E-state index in [1.54, 1.807) is 0 Å². The van der Waals surface area contributed by atoms with Gasteiger partial charge in [-0.25, -0.2) is 4.98 Å². The van der Waals surface area contributed by atoms with E-state index in [9.17, 15) is 0 Å². The number of anilines is 1. The van der Waals surface area contributed by atoms with E-state index in [0.29, 0.717) is 6.04 Å². The third-order valence-electron chi connectivity index (χ3n) is 4.14. The number of halogens is 1. The minimum atomic E-state index is 0.656. The molecule has 2 aliphatic rings. The van der Waals surface area contributed by atoms with Crippen LogP contribution in [0.3, 0.4) is 0 Å². The van der Waals surface area contributed by atoms with Gasteiger partial charge in [-0.05, 0) is 46.3 Å². The lowest BCUT2D eigenvalue weighted by molar-refractivity contribution is 0.441. The fourth-order valence-corrected chi connectivity index (χ4v) is 3.58. The predicted molar refractivity (Wildman–Crippen MR) is 73.2 cm³/mol. The van der Waals surface area contributed by atoms with Crippen LogP contribution in [-0.4, -0.2) is 30.7 Å². The van der Waals surface area contributed by atoms with Crippen LogP contribution in [0.5, 0.6) is 0 Å². The molecule has 17 heavy (non-hydrogen) atoms. The molecule has 0 spiro atoms. The molecule has 0 radical (unpaired) electrons. The van der Waals surface area contributed by atoms with Gasteiger partial charge in [0.05, 0.1) is 0 Å². The molecule has 0 aliphatic carbocycles. The van der Waals surface area contributed by atoms with Crippen molar-refractivity contribution in [3.63, 3.8) is 0 Å². The fraction of sp³-hybridized carbons (Fsp3) is 0.615. The van der Waals surface area contributed by atoms with Crippen molar-refractivity contribution in [2.45, 2.75) is 19.4 Å². The van der Waals surface area contributed by atoms with E-state index in [1.165, 1.54) is 19.5 Å². The van der Waals surface area contributed by atoms with Gasteiger partial charge in [-0.15, -0.1) is 0 Å². The topological polar surface area (TPSA) is 28.2 Å². The first-order valence-corrected chi connectivity index (χ1v) is 7.18. The molecular weight excluding hydrogens is 278 g/mol. The molecule has 92 valence electrons. The third kappa shape index (κ3) is 1.97. The molecule has 2 fully saturated rings. The van der Waals surface area contributed by atoms with Crippen LogP contribution in [0, 0.1) is 11.8 Å². The monoisotopic (exact) mass is 295 g/mol. The number of nitrogens with zero attached hydrogens (tertiary/aromatic N) is 2. The Kier molecular flexibility index (Phi) is 3.09. The largest absolute Gasteiger partial charge is 0.353 e. The summed E-state index contributed by atoms with van der Waals surface area (Å²) in [6, 6.07) is 4.87. The van der Waals surface area contributed by atoms with Crippen LogP contribution >= 0.6 is 15.9 Å². The first-order chi connectivity index (χ1) is 8.29. The van der Waals surface area contributed by atoms with Crippen molar-refractivity contribution < 1.29 is 0 Å². The van der Waals surface area contributed by atoms with Gasteiger partial charge < -0.3 is 10.2 Å². The van der Waals surface area contributed by atoms with Crippen molar-refractivity contribution >= 4 is 21.7 Å². The second kappa shape index (κ2) is 4.58. The van der Waals surface area contributed by atoms with Crippen LogP contribution in [0.2, 0.25) is 0 Å². The normalized spacial score (nSPS) is 31.9. The molecule has 3 rings (SSSR count). The van der Waals surface area contributed by atoms with Crippen molar-refractivity contribution in [2.24, 2.45) is 11.8 Å². The highest BCUT2D eigenvalue weighted by atomic mass is 79.9. The van der Waals surface area contributed by atoms with Gasteiger partial charge in [0.2, 0.25) is 0 Å². The average Bonchev–Trinajstić information content (AvgIpc) is 2.89. The Balaban J connectivity index is 1.85. The summed E-state index contributed by atoms with van der Waals surface area (Å²) < 4.78 is 1.05. The number of aromatic nitrogens is 1. The zero-order chi connectivity index (χ0) is 11.8. The maximum absolute atomic E-state index is 4.54. The summed E-state index contributed by atoms with van der Waals surface area (Å²) in [6.07, 6.45) is 3.11. The molecule has 2 aliphatic heterocycles. The van der Waals surface area contributed by atoms with Gasteiger partial charge in [0.15, 0.2) is 0 Å². The fourth-order valence-electron chi connectivity index (χ4n) is 3.35. The summed E-state index contributed by atoms with van der Waals surface area (Å²) >= 11 is 3.44. The van der Waals surface area contributed by atoms with E-state index < -0.39 is 0 Å². The molecule has 3 heterocycles. The Morgan fingerprint density at radius 1 is 1.47 bits per heavy atom. The lowest BCUT2D eigenvalue weighted by atomic mass is 9.93. The summed E-state index contributed by atoms with van der Waals surface area (Å²) in [5, 5.41) is 3.52. The minimum absolute atomic E-state index is 0.656. The molecule has 0 amide bonds. The van der Waals surface area contributed by atoms with E-state index in [2.05, 4.69) is 50.2 Å². The SMILES string of the molecule is CCC1C2CNCC2CN1c1ccc(Br)cn1. The van der Waals surface area contributed by atoms with Crippen molar-refractivity contribution in [1.29, 1.82) is 0 Å². The summed E-state index contributed by atoms with van der Waals surface area (Å²) in [6.45, 7) is 5.80.